The summed E-state index contributed by atoms with van der Waals surface area (Å²) in [5.74, 6) is 0. The minimum Gasteiger partial charge on any atom is -0.389 e. The average Bonchev–Trinajstić information content (AvgIpc) is 2.50. The predicted molar refractivity (Wildman–Crippen MR) is 98.4 cm³/mol. The van der Waals surface area contributed by atoms with Crippen LogP contribution in [0.25, 0.3) is 0 Å². The third kappa shape index (κ3) is 1.96. The van der Waals surface area contributed by atoms with Gasteiger partial charge in [-0.05, 0) is 63.8 Å². The van der Waals surface area contributed by atoms with Crippen LogP contribution in [0.2, 0.25) is 0 Å². The molecule has 128 valence electrons. The molecule has 0 amide bonds. The van der Waals surface area contributed by atoms with E-state index in [2.05, 4.69) is 38.1 Å². The van der Waals surface area contributed by atoms with Gasteiger partial charge in [-0.1, -0.05) is 48.5 Å². The Hall–Kier alpha value is -1.64. The molecule has 0 atom stereocenters. The van der Waals surface area contributed by atoms with Crippen molar-refractivity contribution < 1.29 is 10.2 Å². The van der Waals surface area contributed by atoms with Crippen molar-refractivity contribution in [2.45, 2.75) is 63.6 Å². The molecule has 2 aromatic rings. The van der Waals surface area contributed by atoms with Gasteiger partial charge in [0.25, 0.3) is 0 Å². The van der Waals surface area contributed by atoms with Crippen molar-refractivity contribution in [3.05, 3.63) is 70.8 Å². The monoisotopic (exact) mass is 324 g/mol. The van der Waals surface area contributed by atoms with E-state index in [0.717, 1.165) is 22.3 Å². The number of rotatable bonds is 2. The van der Waals surface area contributed by atoms with Gasteiger partial charge in [0.1, 0.15) is 0 Å². The molecule has 0 fully saturated rings. The molecular weight excluding hydrogens is 296 g/mol. The van der Waals surface area contributed by atoms with Gasteiger partial charge in [-0.3, -0.25) is 0 Å². The Morgan fingerprint density at radius 1 is 0.583 bits per heavy atom. The van der Waals surface area contributed by atoms with Crippen molar-refractivity contribution in [3.8, 4) is 0 Å². The highest BCUT2D eigenvalue weighted by Crippen LogP contribution is 2.56. The van der Waals surface area contributed by atoms with Crippen LogP contribution >= 0.6 is 0 Å². The zero-order chi connectivity index (χ0) is 18.0. The molecule has 0 unspecified atom stereocenters. The van der Waals surface area contributed by atoms with E-state index < -0.39 is 22.0 Å². The first-order chi connectivity index (χ1) is 11.0. The van der Waals surface area contributed by atoms with E-state index in [-0.39, 0.29) is 0 Å². The minimum absolute atomic E-state index is 0.551. The summed E-state index contributed by atoms with van der Waals surface area (Å²) >= 11 is 0. The SMILES string of the molecule is CC(C)(O)C1(C)c2ccccc2C(C)(C(C)(C)O)c2ccccc21. The Morgan fingerprint density at radius 2 is 0.792 bits per heavy atom. The second-order valence-electron chi connectivity index (χ2n) is 8.46. The van der Waals surface area contributed by atoms with Gasteiger partial charge in [0.05, 0.1) is 11.2 Å². The van der Waals surface area contributed by atoms with Gasteiger partial charge in [-0.2, -0.15) is 0 Å². The van der Waals surface area contributed by atoms with Crippen LogP contribution in [-0.4, -0.2) is 21.4 Å². The molecule has 2 nitrogen and oxygen atoms in total. The van der Waals surface area contributed by atoms with Gasteiger partial charge >= 0.3 is 0 Å². The van der Waals surface area contributed by atoms with Crippen LogP contribution in [-0.2, 0) is 10.8 Å². The largest absolute Gasteiger partial charge is 0.389 e. The number of hydrogen-bond donors (Lipinski definition) is 2. The average molecular weight is 324 g/mol. The summed E-state index contributed by atoms with van der Waals surface area (Å²) < 4.78 is 0. The third-order valence-corrected chi connectivity index (χ3v) is 6.46. The zero-order valence-electron chi connectivity index (χ0n) is 15.5. The molecule has 0 radical (unpaired) electrons. The van der Waals surface area contributed by atoms with Crippen LogP contribution < -0.4 is 0 Å². The van der Waals surface area contributed by atoms with Gasteiger partial charge in [0, 0.05) is 10.8 Å². The van der Waals surface area contributed by atoms with Crippen molar-refractivity contribution in [3.63, 3.8) is 0 Å². The van der Waals surface area contributed by atoms with Gasteiger partial charge < -0.3 is 10.2 Å². The number of aliphatic hydroxyl groups is 2. The van der Waals surface area contributed by atoms with Crippen molar-refractivity contribution in [1.29, 1.82) is 0 Å². The molecular formula is C22H28O2. The second kappa shape index (κ2) is 4.93. The molecule has 2 N–H and O–H groups in total. The van der Waals surface area contributed by atoms with Crippen LogP contribution in [0.15, 0.2) is 48.5 Å². The van der Waals surface area contributed by atoms with E-state index in [1.54, 1.807) is 0 Å². The van der Waals surface area contributed by atoms with E-state index in [1.807, 2.05) is 52.0 Å². The lowest BCUT2D eigenvalue weighted by molar-refractivity contribution is -0.00251. The molecule has 0 bridgehead atoms. The molecule has 0 spiro atoms. The molecule has 2 aromatic carbocycles. The molecule has 0 aromatic heterocycles. The Kier molecular flexibility index (Phi) is 3.53. The van der Waals surface area contributed by atoms with Crippen molar-refractivity contribution >= 4 is 0 Å². The summed E-state index contributed by atoms with van der Waals surface area (Å²) in [6.45, 7) is 11.7. The fourth-order valence-corrected chi connectivity index (χ4v) is 4.32. The topological polar surface area (TPSA) is 40.5 Å². The zero-order valence-corrected chi connectivity index (χ0v) is 15.5. The van der Waals surface area contributed by atoms with E-state index in [9.17, 15) is 10.2 Å². The summed E-state index contributed by atoms with van der Waals surface area (Å²) in [6, 6.07) is 16.4. The maximum atomic E-state index is 11.1. The molecule has 24 heavy (non-hydrogen) atoms. The van der Waals surface area contributed by atoms with Crippen molar-refractivity contribution in [2.24, 2.45) is 0 Å². The van der Waals surface area contributed by atoms with Crippen LogP contribution in [0.3, 0.4) is 0 Å². The molecule has 1 aliphatic rings. The highest BCUT2D eigenvalue weighted by molar-refractivity contribution is 5.62. The standard InChI is InChI=1S/C22H28O2/c1-19(2,23)21(5)15-11-7-9-13-17(15)22(6,20(3,4)24)18-14-10-8-12-16(18)21/h7-14,23-24H,1-6H3. The van der Waals surface area contributed by atoms with E-state index in [1.165, 1.54) is 0 Å². The highest BCUT2D eigenvalue weighted by atomic mass is 16.3. The van der Waals surface area contributed by atoms with Crippen molar-refractivity contribution in [2.75, 3.05) is 0 Å². The smallest absolute Gasteiger partial charge is 0.0725 e. The number of hydrogen-bond acceptors (Lipinski definition) is 2. The number of fused-ring (bicyclic) bond motifs is 2. The third-order valence-electron chi connectivity index (χ3n) is 6.46. The first-order valence-corrected chi connectivity index (χ1v) is 8.60. The van der Waals surface area contributed by atoms with Crippen LogP contribution in [0.5, 0.6) is 0 Å². The summed E-state index contributed by atoms with van der Waals surface area (Å²) in [5, 5.41) is 22.2. The van der Waals surface area contributed by atoms with Crippen molar-refractivity contribution in [1.82, 2.24) is 0 Å². The molecule has 0 aliphatic heterocycles. The predicted octanol–water partition coefficient (Wildman–Crippen LogP) is 4.15. The fourth-order valence-electron chi connectivity index (χ4n) is 4.32. The molecule has 0 heterocycles. The van der Waals surface area contributed by atoms with E-state index in [4.69, 9.17) is 0 Å². The number of benzene rings is 2. The summed E-state index contributed by atoms with van der Waals surface area (Å²) in [7, 11) is 0. The van der Waals surface area contributed by atoms with Crippen LogP contribution in [0.4, 0.5) is 0 Å². The second-order valence-corrected chi connectivity index (χ2v) is 8.46. The quantitative estimate of drug-likeness (QED) is 0.871. The van der Waals surface area contributed by atoms with Gasteiger partial charge in [-0.25, -0.2) is 0 Å². The first-order valence-electron chi connectivity index (χ1n) is 8.60. The van der Waals surface area contributed by atoms with Crippen LogP contribution in [0, 0.1) is 0 Å². The highest BCUT2D eigenvalue weighted by Gasteiger charge is 2.56. The molecule has 2 heteroatoms. The van der Waals surface area contributed by atoms with Gasteiger partial charge in [0.15, 0.2) is 0 Å². The van der Waals surface area contributed by atoms with E-state index >= 15 is 0 Å². The lowest BCUT2D eigenvalue weighted by Crippen LogP contribution is -2.56. The normalized spacial score (nSPS) is 26.7. The maximum Gasteiger partial charge on any atom is 0.0725 e. The summed E-state index contributed by atoms with van der Waals surface area (Å²) in [5.41, 5.74) is 1.35. The van der Waals surface area contributed by atoms with Crippen LogP contribution in [0.1, 0.15) is 63.8 Å². The summed E-state index contributed by atoms with van der Waals surface area (Å²) in [4.78, 5) is 0. The molecule has 0 saturated carbocycles. The Bertz CT molecular complexity index is 662. The lowest BCUT2D eigenvalue weighted by Gasteiger charge is -2.54. The Morgan fingerprint density at radius 3 is 0.958 bits per heavy atom. The first kappa shape index (κ1) is 17.2. The molecule has 1 aliphatic carbocycles. The minimum atomic E-state index is -0.944. The molecule has 0 saturated heterocycles. The fraction of sp³-hybridized carbons (Fsp3) is 0.455. The van der Waals surface area contributed by atoms with E-state index in [0.29, 0.717) is 0 Å². The Labute approximate surface area is 145 Å². The maximum absolute atomic E-state index is 11.1. The van der Waals surface area contributed by atoms with Gasteiger partial charge in [0.2, 0.25) is 0 Å². The molecule has 3 rings (SSSR count). The lowest BCUT2D eigenvalue weighted by atomic mass is 9.51. The Balaban J connectivity index is 2.51. The summed E-state index contributed by atoms with van der Waals surface area (Å²) in [6.07, 6.45) is 0. The van der Waals surface area contributed by atoms with Gasteiger partial charge in [-0.15, -0.1) is 0 Å².